The Morgan fingerprint density at radius 2 is 1.66 bits per heavy atom. The molecule has 13 nitrogen and oxygen atoms in total. The summed E-state index contributed by atoms with van der Waals surface area (Å²) in [6.07, 6.45) is 10.00. The molecule has 5 N–H and O–H groups in total. The van der Waals surface area contributed by atoms with E-state index in [4.69, 9.17) is 25.7 Å². The summed E-state index contributed by atoms with van der Waals surface area (Å²) in [7, 11) is -1.95. The number of anilines is 1. The van der Waals surface area contributed by atoms with E-state index in [2.05, 4.69) is 33.9 Å². The lowest BCUT2D eigenvalue weighted by Gasteiger charge is -2.18. The Morgan fingerprint density at radius 3 is 2.32 bits per heavy atom. The summed E-state index contributed by atoms with van der Waals surface area (Å²) in [4.78, 5) is 35.3. The van der Waals surface area contributed by atoms with Gasteiger partial charge in [0.15, 0.2) is 17.0 Å². The second kappa shape index (κ2) is 19.4. The van der Waals surface area contributed by atoms with E-state index in [1.165, 1.54) is 6.33 Å². The first-order valence-electron chi connectivity index (χ1n) is 14.3. The molecule has 0 aliphatic rings. The average Bonchev–Trinajstić information content (AvgIpc) is 3.33. The zero-order valence-electron chi connectivity index (χ0n) is 25.4. The fourth-order valence-electron chi connectivity index (χ4n) is 3.48. The van der Waals surface area contributed by atoms with E-state index in [1.54, 1.807) is 31.7 Å². The number of rotatable bonds is 18. The molecule has 41 heavy (non-hydrogen) atoms. The largest absolute Gasteiger partial charge is 0.465 e. The molecular weight excluding hydrogens is 549 g/mol. The van der Waals surface area contributed by atoms with Crippen molar-refractivity contribution in [3.8, 4) is 0 Å². The Hall–Kier alpha value is -2.73. The van der Waals surface area contributed by atoms with Gasteiger partial charge in [0, 0.05) is 0 Å². The molecular formula is C27H49N7O6P+. The quantitative estimate of drug-likeness (QED) is 0.127. The summed E-state index contributed by atoms with van der Waals surface area (Å²) in [5, 5.41) is 2.81. The lowest BCUT2D eigenvalue weighted by Crippen LogP contribution is -2.44. The standard InChI is InChI=1S/C19H32N6O4P.C8H17NO2/c1-5-6-7-8-9-28-18(26)19(3,4)24-30(27)13-29-14(2)10-25-12-23-15-16(20)21-11-22-17(15)25;1-3-4-5-6-11-8(10)7(2)9/h11-12,14H,5-10,13H2,1-4H3,(H,24,27)(H2,20,21,22);7H,3-6,9H2,1-2H3/q+1;. The van der Waals surface area contributed by atoms with Crippen molar-refractivity contribution in [2.24, 2.45) is 5.73 Å². The normalized spacial score (nSPS) is 13.2. The van der Waals surface area contributed by atoms with Gasteiger partial charge in [-0.15, -0.1) is 0 Å². The highest BCUT2D eigenvalue weighted by Crippen LogP contribution is 2.23. The molecule has 2 heterocycles. The van der Waals surface area contributed by atoms with Crippen molar-refractivity contribution in [2.75, 3.05) is 25.3 Å². The number of nitrogens with one attached hydrogen (secondary N) is 1. The van der Waals surface area contributed by atoms with Crippen LogP contribution in [0.4, 0.5) is 5.82 Å². The molecule has 0 aromatic carbocycles. The van der Waals surface area contributed by atoms with E-state index in [0.717, 1.165) is 44.9 Å². The number of nitrogen functional groups attached to an aromatic ring is 1. The molecule has 0 aliphatic heterocycles. The lowest BCUT2D eigenvalue weighted by atomic mass is 10.1. The first-order valence-corrected chi connectivity index (χ1v) is 15.7. The SMILES string of the molecule is CCCCCCOC(=O)C(C)(C)N[P+](=O)COC(C)Cn1cnc2c(N)ncnc21.CCCCCOC(=O)C(C)N. The lowest BCUT2D eigenvalue weighted by molar-refractivity contribution is -0.149. The van der Waals surface area contributed by atoms with Gasteiger partial charge in [-0.1, -0.05) is 51.0 Å². The van der Waals surface area contributed by atoms with E-state index in [0.29, 0.717) is 36.7 Å². The number of ether oxygens (including phenoxy) is 3. The maximum Gasteiger partial charge on any atom is 0.461 e. The number of hydrogen-bond donors (Lipinski definition) is 3. The van der Waals surface area contributed by atoms with Gasteiger partial charge < -0.3 is 30.2 Å². The van der Waals surface area contributed by atoms with Crippen LogP contribution in [0.1, 0.15) is 86.5 Å². The number of fused-ring (bicyclic) bond motifs is 1. The van der Waals surface area contributed by atoms with Crippen molar-refractivity contribution in [3.63, 3.8) is 0 Å². The van der Waals surface area contributed by atoms with Crippen LogP contribution in [-0.2, 0) is 34.9 Å². The van der Waals surface area contributed by atoms with Gasteiger partial charge in [-0.25, -0.2) is 19.7 Å². The number of esters is 2. The van der Waals surface area contributed by atoms with Crippen LogP contribution in [0.5, 0.6) is 0 Å². The maximum absolute atomic E-state index is 12.4. The fraction of sp³-hybridized carbons (Fsp3) is 0.741. The first kappa shape index (κ1) is 36.3. The molecule has 0 radical (unpaired) electrons. The third kappa shape index (κ3) is 14.1. The van der Waals surface area contributed by atoms with Crippen molar-refractivity contribution in [2.45, 2.75) is 111 Å². The van der Waals surface area contributed by atoms with Gasteiger partial charge in [0.25, 0.3) is 6.35 Å². The molecule has 2 rings (SSSR count). The molecule has 3 atom stereocenters. The van der Waals surface area contributed by atoms with Crippen molar-refractivity contribution in [1.82, 2.24) is 24.6 Å². The Balaban J connectivity index is 0.000000646. The summed E-state index contributed by atoms with van der Waals surface area (Å²) in [5.41, 5.74) is 11.2. The number of nitrogens with two attached hydrogens (primary N) is 2. The molecule has 0 amide bonds. The topological polar surface area (TPSA) is 187 Å². The second-order valence-corrected chi connectivity index (χ2v) is 11.6. The van der Waals surface area contributed by atoms with Crippen molar-refractivity contribution >= 4 is 36.9 Å². The minimum atomic E-state index is -1.95. The highest BCUT2D eigenvalue weighted by atomic mass is 31.1. The van der Waals surface area contributed by atoms with Gasteiger partial charge in [-0.2, -0.15) is 0 Å². The molecule has 0 bridgehead atoms. The number of aromatic nitrogens is 4. The molecule has 2 aromatic rings. The van der Waals surface area contributed by atoms with E-state index in [9.17, 15) is 14.2 Å². The number of nitrogens with zero attached hydrogens (tertiary/aromatic N) is 4. The number of imidazole rings is 1. The average molecular weight is 599 g/mol. The van der Waals surface area contributed by atoms with E-state index in [-0.39, 0.29) is 18.4 Å². The van der Waals surface area contributed by atoms with Crippen molar-refractivity contribution in [1.29, 1.82) is 0 Å². The highest BCUT2D eigenvalue weighted by Gasteiger charge is 2.37. The second-order valence-electron chi connectivity index (χ2n) is 10.4. The van der Waals surface area contributed by atoms with Crippen LogP contribution < -0.4 is 16.6 Å². The summed E-state index contributed by atoms with van der Waals surface area (Å²) in [5.74, 6) is -0.405. The molecule has 0 aliphatic carbocycles. The Morgan fingerprint density at radius 1 is 1.02 bits per heavy atom. The van der Waals surface area contributed by atoms with E-state index in [1.807, 2.05) is 6.92 Å². The van der Waals surface area contributed by atoms with E-state index >= 15 is 0 Å². The zero-order valence-corrected chi connectivity index (χ0v) is 26.3. The minimum absolute atomic E-state index is 0.0343. The van der Waals surface area contributed by atoms with Crippen molar-refractivity contribution in [3.05, 3.63) is 12.7 Å². The molecule has 3 unspecified atom stereocenters. The first-order chi connectivity index (χ1) is 19.4. The Labute approximate surface area is 244 Å². The van der Waals surface area contributed by atoms with Crippen LogP contribution in [0.3, 0.4) is 0 Å². The molecule has 14 heteroatoms. The van der Waals surface area contributed by atoms with Crippen LogP contribution in [0.15, 0.2) is 12.7 Å². The van der Waals surface area contributed by atoms with Crippen LogP contribution >= 0.6 is 7.95 Å². The summed E-state index contributed by atoms with van der Waals surface area (Å²) >= 11 is 0. The summed E-state index contributed by atoms with van der Waals surface area (Å²) < 4.78 is 30.0. The Kier molecular flexibility index (Phi) is 17.2. The number of hydrogen-bond acceptors (Lipinski definition) is 11. The van der Waals surface area contributed by atoms with Gasteiger partial charge in [-0.3, -0.25) is 4.79 Å². The molecule has 2 aromatic heterocycles. The molecule has 0 spiro atoms. The zero-order chi connectivity index (χ0) is 30.8. The predicted molar refractivity (Wildman–Crippen MR) is 159 cm³/mol. The third-order valence-corrected chi connectivity index (χ3v) is 7.06. The van der Waals surface area contributed by atoms with Crippen LogP contribution in [0.2, 0.25) is 0 Å². The van der Waals surface area contributed by atoms with Gasteiger partial charge in [0.2, 0.25) is 0 Å². The van der Waals surface area contributed by atoms with Crippen molar-refractivity contribution < 1.29 is 28.4 Å². The molecule has 0 saturated heterocycles. The van der Waals surface area contributed by atoms with Crippen LogP contribution in [0, 0.1) is 0 Å². The smallest absolute Gasteiger partial charge is 0.461 e. The van der Waals surface area contributed by atoms with Gasteiger partial charge in [-0.05, 0) is 45.1 Å². The maximum atomic E-state index is 12.4. The molecule has 0 saturated carbocycles. The molecule has 0 fully saturated rings. The Bertz CT molecular complexity index is 1080. The van der Waals surface area contributed by atoms with E-state index < -0.39 is 25.5 Å². The van der Waals surface area contributed by atoms with Gasteiger partial charge in [0.1, 0.15) is 17.9 Å². The number of carbonyl (C=O) groups is 2. The minimum Gasteiger partial charge on any atom is -0.465 e. The highest BCUT2D eigenvalue weighted by molar-refractivity contribution is 7.42. The predicted octanol–water partition coefficient (Wildman–Crippen LogP) is 4.07. The van der Waals surface area contributed by atoms with Crippen LogP contribution in [0.25, 0.3) is 11.2 Å². The van der Waals surface area contributed by atoms with Gasteiger partial charge in [0.05, 0.1) is 32.2 Å². The molecule has 232 valence electrons. The summed E-state index contributed by atoms with van der Waals surface area (Å²) in [6.45, 7) is 12.4. The fourth-order valence-corrected chi connectivity index (χ4v) is 4.65. The monoisotopic (exact) mass is 598 g/mol. The third-order valence-electron chi connectivity index (χ3n) is 5.87. The number of unbranched alkanes of at least 4 members (excludes halogenated alkanes) is 5. The summed E-state index contributed by atoms with van der Waals surface area (Å²) in [6, 6.07) is -0.489. The van der Waals surface area contributed by atoms with Gasteiger partial charge >= 0.3 is 19.9 Å². The number of carbonyl (C=O) groups excluding carboxylic acids is 2. The van der Waals surface area contributed by atoms with Crippen LogP contribution in [-0.4, -0.2) is 68.7 Å².